The van der Waals surface area contributed by atoms with E-state index in [1.807, 2.05) is 48.5 Å². The van der Waals surface area contributed by atoms with Crippen molar-refractivity contribution >= 4 is 87.6 Å². The molecule has 4 heterocycles. The number of oxazole rings is 1. The second-order valence-electron chi connectivity index (χ2n) is 11.9. The largest absolute Gasteiger partial charge is 0.456 e. The summed E-state index contributed by atoms with van der Waals surface area (Å²) in [5.74, 6) is 0.586. The number of benzene rings is 7. The maximum atomic E-state index is 6.74. The minimum Gasteiger partial charge on any atom is -0.456 e. The van der Waals surface area contributed by atoms with E-state index in [4.69, 9.17) is 18.2 Å². The van der Waals surface area contributed by atoms with Crippen molar-refractivity contribution in [3.63, 3.8) is 0 Å². The highest BCUT2D eigenvalue weighted by Gasteiger charge is 2.23. The summed E-state index contributed by atoms with van der Waals surface area (Å²) >= 11 is 0. The zero-order valence-electron chi connectivity index (χ0n) is 24.3. The Morgan fingerprint density at radius 1 is 0.478 bits per heavy atom. The third-order valence-corrected chi connectivity index (χ3v) is 9.40. The van der Waals surface area contributed by atoms with Gasteiger partial charge in [0.15, 0.2) is 5.58 Å². The Morgan fingerprint density at radius 2 is 1.22 bits per heavy atom. The minimum atomic E-state index is 0.586. The molecule has 0 saturated carbocycles. The Morgan fingerprint density at radius 3 is 2.13 bits per heavy atom. The van der Waals surface area contributed by atoms with E-state index in [0.29, 0.717) is 5.89 Å². The summed E-state index contributed by atoms with van der Waals surface area (Å²) in [4.78, 5) is 4.80. The number of furan rings is 2. The van der Waals surface area contributed by atoms with Crippen molar-refractivity contribution in [3.05, 3.63) is 133 Å². The molecular formula is C41H22N2O3. The third-order valence-electron chi connectivity index (χ3n) is 9.40. The molecule has 11 rings (SSSR count). The second kappa shape index (κ2) is 8.65. The van der Waals surface area contributed by atoms with E-state index in [9.17, 15) is 0 Å². The van der Waals surface area contributed by atoms with Crippen LogP contribution < -0.4 is 0 Å². The van der Waals surface area contributed by atoms with Gasteiger partial charge in [-0.25, -0.2) is 4.98 Å². The van der Waals surface area contributed by atoms with Crippen LogP contribution in [-0.4, -0.2) is 9.55 Å². The van der Waals surface area contributed by atoms with Crippen LogP contribution in [0.25, 0.3) is 105 Å². The van der Waals surface area contributed by atoms with E-state index in [1.165, 1.54) is 10.8 Å². The highest BCUT2D eigenvalue weighted by Crippen LogP contribution is 2.45. The molecular weight excluding hydrogens is 568 g/mol. The molecule has 0 amide bonds. The number of aromatic nitrogens is 2. The summed E-state index contributed by atoms with van der Waals surface area (Å²) < 4.78 is 21.7. The van der Waals surface area contributed by atoms with Gasteiger partial charge in [-0.05, 0) is 66.0 Å². The smallest absolute Gasteiger partial charge is 0.227 e. The van der Waals surface area contributed by atoms with Gasteiger partial charge in [-0.3, -0.25) is 0 Å². The van der Waals surface area contributed by atoms with Gasteiger partial charge in [-0.15, -0.1) is 0 Å². The predicted octanol–water partition coefficient (Wildman–Crippen LogP) is 11.5. The molecule has 0 atom stereocenters. The first-order valence-corrected chi connectivity index (χ1v) is 15.4. The summed E-state index contributed by atoms with van der Waals surface area (Å²) in [7, 11) is 0. The third kappa shape index (κ3) is 3.11. The van der Waals surface area contributed by atoms with E-state index in [1.54, 1.807) is 0 Å². The zero-order chi connectivity index (χ0) is 29.9. The fourth-order valence-corrected chi connectivity index (χ4v) is 7.41. The van der Waals surface area contributed by atoms with Crippen molar-refractivity contribution in [1.29, 1.82) is 0 Å². The molecule has 7 aromatic carbocycles. The minimum absolute atomic E-state index is 0.586. The summed E-state index contributed by atoms with van der Waals surface area (Å²) in [5.41, 5.74) is 9.20. The maximum Gasteiger partial charge on any atom is 0.227 e. The van der Waals surface area contributed by atoms with E-state index >= 15 is 0 Å². The summed E-state index contributed by atoms with van der Waals surface area (Å²) in [6.45, 7) is 0. The first kappa shape index (κ1) is 24.0. The standard InChI is InChI=1S/C41H22N2O3/c1-2-10-25-23(9-1)22-32(37-29-21-24(17-19-34(29)45-40(25)37)41-42-30-13-5-8-16-35(30)46-41)43-31-14-6-3-11-26(31)27-18-20-36-38(39(27)43)28-12-4-7-15-33(28)44-36/h1-22H. The molecule has 0 N–H and O–H groups in total. The molecule has 0 aliphatic carbocycles. The van der Waals surface area contributed by atoms with Gasteiger partial charge in [0.1, 0.15) is 27.8 Å². The molecule has 11 aromatic rings. The Kier molecular flexibility index (Phi) is 4.52. The Labute approximate surface area is 260 Å². The van der Waals surface area contributed by atoms with E-state index < -0.39 is 0 Å². The van der Waals surface area contributed by atoms with Crippen molar-refractivity contribution in [3.8, 4) is 17.1 Å². The lowest BCUT2D eigenvalue weighted by Gasteiger charge is -2.12. The van der Waals surface area contributed by atoms with Crippen molar-refractivity contribution in [2.45, 2.75) is 0 Å². The SMILES string of the molecule is c1ccc2c(c1)cc(-n1c3ccccc3c3ccc4oc5ccccc5c4c31)c1c3cc(-c4nc5ccccc5o4)ccc3oc21. The van der Waals surface area contributed by atoms with Crippen molar-refractivity contribution in [1.82, 2.24) is 9.55 Å². The van der Waals surface area contributed by atoms with Crippen molar-refractivity contribution in [2.24, 2.45) is 0 Å². The quantitative estimate of drug-likeness (QED) is 0.201. The van der Waals surface area contributed by atoms with Gasteiger partial charge >= 0.3 is 0 Å². The number of hydrogen-bond acceptors (Lipinski definition) is 4. The topological polar surface area (TPSA) is 57.2 Å². The first-order chi connectivity index (χ1) is 22.8. The molecule has 0 bridgehead atoms. The Bertz CT molecular complexity index is 3010. The highest BCUT2D eigenvalue weighted by molar-refractivity contribution is 6.26. The number of rotatable bonds is 2. The highest BCUT2D eigenvalue weighted by atomic mass is 16.3. The molecule has 214 valence electrons. The molecule has 5 heteroatoms. The summed E-state index contributed by atoms with van der Waals surface area (Å²) in [6, 6.07) is 46.0. The van der Waals surface area contributed by atoms with Crippen LogP contribution in [0.15, 0.2) is 147 Å². The maximum absolute atomic E-state index is 6.74. The number of hydrogen-bond donors (Lipinski definition) is 0. The molecule has 5 nitrogen and oxygen atoms in total. The first-order valence-electron chi connectivity index (χ1n) is 15.4. The van der Waals surface area contributed by atoms with Crippen LogP contribution in [-0.2, 0) is 0 Å². The number of para-hydroxylation sites is 4. The lowest BCUT2D eigenvalue weighted by molar-refractivity contribution is 0.620. The molecule has 0 fully saturated rings. The molecule has 0 unspecified atom stereocenters. The summed E-state index contributed by atoms with van der Waals surface area (Å²) in [5, 5.41) is 8.79. The lowest BCUT2D eigenvalue weighted by Crippen LogP contribution is -1.96. The van der Waals surface area contributed by atoms with E-state index in [2.05, 4.69) is 89.5 Å². The second-order valence-corrected chi connectivity index (χ2v) is 11.9. The molecule has 46 heavy (non-hydrogen) atoms. The van der Waals surface area contributed by atoms with Crippen LogP contribution in [0.3, 0.4) is 0 Å². The van der Waals surface area contributed by atoms with Crippen LogP contribution in [0.1, 0.15) is 0 Å². The van der Waals surface area contributed by atoms with Crippen LogP contribution in [0.5, 0.6) is 0 Å². The Hall–Kier alpha value is -6.33. The van der Waals surface area contributed by atoms with Crippen molar-refractivity contribution < 1.29 is 13.3 Å². The van der Waals surface area contributed by atoms with E-state index in [-0.39, 0.29) is 0 Å². The van der Waals surface area contributed by atoms with Crippen LogP contribution >= 0.6 is 0 Å². The normalized spacial score (nSPS) is 12.3. The zero-order valence-corrected chi connectivity index (χ0v) is 24.3. The molecule has 4 aromatic heterocycles. The number of nitrogens with zero attached hydrogens (tertiary/aromatic N) is 2. The fourth-order valence-electron chi connectivity index (χ4n) is 7.41. The fraction of sp³-hybridized carbons (Fsp3) is 0. The van der Waals surface area contributed by atoms with Crippen LogP contribution in [0.4, 0.5) is 0 Å². The van der Waals surface area contributed by atoms with Gasteiger partial charge in [0.05, 0.1) is 27.5 Å². The average Bonchev–Trinajstić information content (AvgIpc) is 3.87. The average molecular weight is 591 g/mol. The monoisotopic (exact) mass is 590 g/mol. The van der Waals surface area contributed by atoms with Gasteiger partial charge in [0.25, 0.3) is 0 Å². The molecule has 0 spiro atoms. The lowest BCUT2D eigenvalue weighted by atomic mass is 10.0. The Balaban J connectivity index is 1.34. The van der Waals surface area contributed by atoms with Gasteiger partial charge in [0, 0.05) is 32.5 Å². The van der Waals surface area contributed by atoms with Gasteiger partial charge < -0.3 is 17.8 Å². The van der Waals surface area contributed by atoms with E-state index in [0.717, 1.165) is 88.0 Å². The number of fused-ring (bicyclic) bond motifs is 13. The van der Waals surface area contributed by atoms with Crippen LogP contribution in [0.2, 0.25) is 0 Å². The predicted molar refractivity (Wildman–Crippen MR) is 186 cm³/mol. The molecule has 0 radical (unpaired) electrons. The van der Waals surface area contributed by atoms with Crippen LogP contribution in [0, 0.1) is 0 Å². The van der Waals surface area contributed by atoms with Gasteiger partial charge in [-0.1, -0.05) is 72.8 Å². The van der Waals surface area contributed by atoms with Gasteiger partial charge in [0.2, 0.25) is 5.89 Å². The van der Waals surface area contributed by atoms with Crippen molar-refractivity contribution in [2.75, 3.05) is 0 Å². The molecule has 0 aliphatic heterocycles. The van der Waals surface area contributed by atoms with Gasteiger partial charge in [-0.2, -0.15) is 0 Å². The molecule has 0 aliphatic rings. The summed E-state index contributed by atoms with van der Waals surface area (Å²) in [6.07, 6.45) is 0. The molecule has 0 saturated heterocycles.